The van der Waals surface area contributed by atoms with Crippen LogP contribution >= 0.6 is 0 Å². The minimum Gasteiger partial charge on any atom is -0.481 e. The van der Waals surface area contributed by atoms with Crippen molar-refractivity contribution in [1.82, 2.24) is 0 Å². The van der Waals surface area contributed by atoms with Gasteiger partial charge in [-0.15, -0.1) is 0 Å². The zero-order chi connectivity index (χ0) is 27.1. The molecule has 0 heterocycles. The molecule has 3 aliphatic carbocycles. The van der Waals surface area contributed by atoms with Crippen LogP contribution in [0.1, 0.15) is 106 Å². The van der Waals surface area contributed by atoms with Crippen LogP contribution in [0.15, 0.2) is 22.8 Å². The third-order valence-electron chi connectivity index (χ3n) is 11.3. The fraction of sp³-hybridized carbons (Fsp3) is 0.767. The van der Waals surface area contributed by atoms with E-state index in [1.165, 1.54) is 6.42 Å². The molecule has 202 valence electrons. The average molecular weight is 503 g/mol. The molecule has 3 fully saturated rings. The second-order valence-electron chi connectivity index (χ2n) is 12.8. The van der Waals surface area contributed by atoms with Crippen molar-refractivity contribution in [1.29, 1.82) is 0 Å². The molecule has 0 aliphatic heterocycles. The highest BCUT2D eigenvalue weighted by molar-refractivity contribution is 5.87. The Kier molecular flexibility index (Phi) is 8.17. The van der Waals surface area contributed by atoms with Crippen molar-refractivity contribution in [2.75, 3.05) is 0 Å². The van der Waals surface area contributed by atoms with Crippen molar-refractivity contribution < 1.29 is 29.7 Å². The Morgan fingerprint density at radius 3 is 2.22 bits per heavy atom. The normalized spacial score (nSPS) is 38.6. The van der Waals surface area contributed by atoms with Gasteiger partial charge < -0.3 is 15.3 Å². The number of carbonyl (C=O) groups is 3. The lowest BCUT2D eigenvalue weighted by atomic mass is 9.40. The SMILES string of the molecule is C/C(C(=O)O)=C1\CC[C@@H]2[C@@](C)(CC[C@]3(C)[C@@H]([C@@H](C)CC/C=C(\C)C(=O)O)CC[C@@]23C)[C@@H]1CCC(=O)O. The third kappa shape index (κ3) is 4.77. The molecule has 3 rings (SSSR count). The molecule has 0 amide bonds. The van der Waals surface area contributed by atoms with E-state index in [9.17, 15) is 24.6 Å². The predicted molar refractivity (Wildman–Crippen MR) is 139 cm³/mol. The molecule has 3 saturated carbocycles. The Morgan fingerprint density at radius 1 is 0.972 bits per heavy atom. The van der Waals surface area contributed by atoms with E-state index >= 15 is 0 Å². The van der Waals surface area contributed by atoms with Crippen molar-refractivity contribution in [3.05, 3.63) is 22.8 Å². The summed E-state index contributed by atoms with van der Waals surface area (Å²) >= 11 is 0. The minimum atomic E-state index is -0.888. The Balaban J connectivity index is 1.90. The molecule has 0 bridgehead atoms. The van der Waals surface area contributed by atoms with Crippen molar-refractivity contribution in [3.63, 3.8) is 0 Å². The summed E-state index contributed by atoms with van der Waals surface area (Å²) in [7, 11) is 0. The second kappa shape index (κ2) is 10.3. The molecular weight excluding hydrogens is 456 g/mol. The number of carboxylic acid groups (broad SMARTS) is 3. The summed E-state index contributed by atoms with van der Waals surface area (Å²) in [6.45, 7) is 12.9. The number of rotatable bonds is 9. The Morgan fingerprint density at radius 2 is 1.64 bits per heavy atom. The van der Waals surface area contributed by atoms with Crippen LogP contribution in [0.2, 0.25) is 0 Å². The highest BCUT2D eigenvalue weighted by Crippen LogP contribution is 2.74. The van der Waals surface area contributed by atoms with Crippen LogP contribution in [0, 0.1) is 39.9 Å². The number of hydrogen-bond acceptors (Lipinski definition) is 3. The van der Waals surface area contributed by atoms with E-state index < -0.39 is 17.9 Å². The molecular formula is C30H46O6. The lowest BCUT2D eigenvalue weighted by Crippen LogP contribution is -2.57. The summed E-state index contributed by atoms with van der Waals surface area (Å²) in [6.07, 6.45) is 10.3. The van der Waals surface area contributed by atoms with Gasteiger partial charge in [0.1, 0.15) is 0 Å². The van der Waals surface area contributed by atoms with Crippen molar-refractivity contribution >= 4 is 17.9 Å². The van der Waals surface area contributed by atoms with E-state index in [1.54, 1.807) is 13.8 Å². The van der Waals surface area contributed by atoms with Crippen molar-refractivity contribution in [2.24, 2.45) is 39.9 Å². The molecule has 6 heteroatoms. The Hall–Kier alpha value is -2.11. The van der Waals surface area contributed by atoms with E-state index in [-0.39, 0.29) is 28.6 Å². The molecule has 0 aromatic carbocycles. The highest BCUT2D eigenvalue weighted by atomic mass is 16.4. The van der Waals surface area contributed by atoms with Crippen LogP contribution in [0.3, 0.4) is 0 Å². The van der Waals surface area contributed by atoms with E-state index in [2.05, 4.69) is 27.7 Å². The molecule has 36 heavy (non-hydrogen) atoms. The molecule has 7 atom stereocenters. The van der Waals surface area contributed by atoms with Crippen molar-refractivity contribution in [2.45, 2.75) is 106 Å². The topological polar surface area (TPSA) is 112 Å². The first-order chi connectivity index (χ1) is 16.7. The molecule has 6 nitrogen and oxygen atoms in total. The van der Waals surface area contributed by atoms with Gasteiger partial charge in [0.05, 0.1) is 0 Å². The van der Waals surface area contributed by atoms with Crippen LogP contribution in [0.25, 0.3) is 0 Å². The first kappa shape index (κ1) is 28.5. The summed E-state index contributed by atoms with van der Waals surface area (Å²) in [4.78, 5) is 34.6. The number of aliphatic carboxylic acids is 3. The van der Waals surface area contributed by atoms with Gasteiger partial charge in [0.2, 0.25) is 0 Å². The zero-order valence-electron chi connectivity index (χ0n) is 23.0. The molecule has 0 radical (unpaired) electrons. The molecule has 0 spiro atoms. The number of allylic oxidation sites excluding steroid dienone is 2. The molecule has 0 unspecified atom stereocenters. The van der Waals surface area contributed by atoms with Gasteiger partial charge in [-0.1, -0.05) is 39.3 Å². The van der Waals surface area contributed by atoms with Gasteiger partial charge >= 0.3 is 17.9 Å². The second-order valence-corrected chi connectivity index (χ2v) is 12.8. The summed E-state index contributed by atoms with van der Waals surface area (Å²) < 4.78 is 0. The van der Waals surface area contributed by atoms with Crippen molar-refractivity contribution in [3.8, 4) is 0 Å². The lowest BCUT2D eigenvalue weighted by molar-refractivity contribution is -0.148. The van der Waals surface area contributed by atoms with Crippen LogP contribution in [0.4, 0.5) is 0 Å². The summed E-state index contributed by atoms with van der Waals surface area (Å²) in [5.41, 5.74) is 1.98. The largest absolute Gasteiger partial charge is 0.481 e. The monoisotopic (exact) mass is 502 g/mol. The first-order valence-electron chi connectivity index (χ1n) is 13.7. The van der Waals surface area contributed by atoms with Gasteiger partial charge in [0.25, 0.3) is 0 Å². The van der Waals surface area contributed by atoms with E-state index in [4.69, 9.17) is 5.11 Å². The number of fused-ring (bicyclic) bond motifs is 3. The minimum absolute atomic E-state index is 0.00886. The van der Waals surface area contributed by atoms with E-state index in [0.717, 1.165) is 50.5 Å². The quantitative estimate of drug-likeness (QED) is 0.294. The van der Waals surface area contributed by atoms with Crippen LogP contribution < -0.4 is 0 Å². The number of carboxylic acids is 3. The average Bonchev–Trinajstić information content (AvgIpc) is 3.07. The maximum absolute atomic E-state index is 11.9. The summed E-state index contributed by atoms with van der Waals surface area (Å²) in [5.74, 6) is -1.07. The first-order valence-corrected chi connectivity index (χ1v) is 13.7. The van der Waals surface area contributed by atoms with Crippen LogP contribution in [-0.2, 0) is 14.4 Å². The molecule has 0 saturated heterocycles. The van der Waals surface area contributed by atoms with Gasteiger partial charge in [-0.2, -0.15) is 0 Å². The maximum Gasteiger partial charge on any atom is 0.331 e. The zero-order valence-corrected chi connectivity index (χ0v) is 23.0. The smallest absolute Gasteiger partial charge is 0.331 e. The standard InChI is InChI=1S/C30H46O6/c1-18(8-7-9-19(2)26(33)34)22-14-15-30(6)24-12-10-21(20(3)27(35)36)23(11-13-25(31)32)28(24,4)16-17-29(22,30)5/h9,18,22-24H,7-8,10-17H2,1-6H3,(H,31,32)(H,33,34)(H,35,36)/b19-9+,21-20-/t18-,22+,23+,24+,28-,29+,30-/m0/s1. The van der Waals surface area contributed by atoms with Gasteiger partial charge in [-0.05, 0) is 112 Å². The maximum atomic E-state index is 11.9. The van der Waals surface area contributed by atoms with Gasteiger partial charge in [0, 0.05) is 17.6 Å². The predicted octanol–water partition coefficient (Wildman–Crippen LogP) is 6.95. The van der Waals surface area contributed by atoms with Gasteiger partial charge in [-0.25, -0.2) is 9.59 Å². The molecule has 0 aromatic rings. The third-order valence-corrected chi connectivity index (χ3v) is 11.3. The lowest BCUT2D eigenvalue weighted by Gasteiger charge is -2.65. The fourth-order valence-corrected chi connectivity index (χ4v) is 9.02. The highest BCUT2D eigenvalue weighted by Gasteiger charge is 2.66. The fourth-order valence-electron chi connectivity index (χ4n) is 9.02. The Bertz CT molecular complexity index is 962. The van der Waals surface area contributed by atoms with E-state index in [1.807, 2.05) is 6.08 Å². The van der Waals surface area contributed by atoms with Crippen LogP contribution in [-0.4, -0.2) is 33.2 Å². The summed E-state index contributed by atoms with van der Waals surface area (Å²) in [5, 5.41) is 28.4. The Labute approximate surface area is 216 Å². The van der Waals surface area contributed by atoms with Gasteiger partial charge in [-0.3, -0.25) is 4.79 Å². The van der Waals surface area contributed by atoms with E-state index in [0.29, 0.717) is 35.3 Å². The summed E-state index contributed by atoms with van der Waals surface area (Å²) in [6, 6.07) is 0. The molecule has 3 aliphatic rings. The van der Waals surface area contributed by atoms with Crippen LogP contribution in [0.5, 0.6) is 0 Å². The molecule has 0 aromatic heterocycles. The molecule has 3 N–H and O–H groups in total. The number of hydrogen-bond donors (Lipinski definition) is 3. The van der Waals surface area contributed by atoms with Gasteiger partial charge in [0.15, 0.2) is 0 Å².